The summed E-state index contributed by atoms with van der Waals surface area (Å²) < 4.78 is 6.04. The Morgan fingerprint density at radius 3 is 2.47 bits per heavy atom. The molecule has 2 heterocycles. The van der Waals surface area contributed by atoms with Crippen LogP contribution in [-0.4, -0.2) is 24.1 Å². The fourth-order valence-corrected chi connectivity index (χ4v) is 1.99. The summed E-state index contributed by atoms with van der Waals surface area (Å²) in [6.45, 7) is 2.12. The Hall–Kier alpha value is -1.62. The van der Waals surface area contributed by atoms with E-state index in [1.54, 1.807) is 13.3 Å². The Bertz CT molecular complexity index is 527. The first kappa shape index (κ1) is 13.8. The summed E-state index contributed by atoms with van der Waals surface area (Å²) in [7, 11) is 3.63. The van der Waals surface area contributed by atoms with Gasteiger partial charge in [-0.05, 0) is 40.5 Å². The van der Waals surface area contributed by atoms with Crippen LogP contribution in [0.5, 0.6) is 5.88 Å². The second kappa shape index (κ2) is 6.02. The van der Waals surface area contributed by atoms with Crippen LogP contribution in [-0.2, 0) is 0 Å². The van der Waals surface area contributed by atoms with Gasteiger partial charge in [0.1, 0.15) is 5.82 Å². The molecule has 2 aromatic rings. The SMILES string of the molecule is COc1ccc([C@H](C)N(C)c2ccc(Br)cn2)cn1. The third-order valence-electron chi connectivity index (χ3n) is 3.10. The Kier molecular flexibility index (Phi) is 4.37. The summed E-state index contributed by atoms with van der Waals surface area (Å²) in [5.74, 6) is 1.55. The molecular formula is C14H16BrN3O. The molecule has 100 valence electrons. The lowest BCUT2D eigenvalue weighted by Crippen LogP contribution is -2.22. The van der Waals surface area contributed by atoms with Crippen LogP contribution in [0.4, 0.5) is 5.82 Å². The lowest BCUT2D eigenvalue weighted by molar-refractivity contribution is 0.397. The number of hydrogen-bond acceptors (Lipinski definition) is 4. The van der Waals surface area contributed by atoms with Crippen molar-refractivity contribution in [2.45, 2.75) is 13.0 Å². The standard InChI is InChI=1S/C14H16BrN3O/c1-10(11-4-7-14(19-3)17-8-11)18(2)13-6-5-12(15)9-16-13/h4-10H,1-3H3/t10-/m0/s1. The summed E-state index contributed by atoms with van der Waals surface area (Å²) in [6, 6.07) is 8.04. The maximum absolute atomic E-state index is 5.06. The first-order valence-electron chi connectivity index (χ1n) is 5.96. The van der Waals surface area contributed by atoms with E-state index in [2.05, 4.69) is 37.7 Å². The van der Waals surface area contributed by atoms with E-state index in [1.807, 2.05) is 37.5 Å². The van der Waals surface area contributed by atoms with Gasteiger partial charge in [-0.25, -0.2) is 9.97 Å². The van der Waals surface area contributed by atoms with Crippen LogP contribution in [0, 0.1) is 0 Å². The minimum absolute atomic E-state index is 0.187. The van der Waals surface area contributed by atoms with Gasteiger partial charge in [-0.2, -0.15) is 0 Å². The van der Waals surface area contributed by atoms with Gasteiger partial charge >= 0.3 is 0 Å². The first-order chi connectivity index (χ1) is 9.11. The number of aromatic nitrogens is 2. The molecule has 0 fully saturated rings. The van der Waals surface area contributed by atoms with Gasteiger partial charge in [0.2, 0.25) is 5.88 Å². The van der Waals surface area contributed by atoms with E-state index in [-0.39, 0.29) is 6.04 Å². The molecule has 0 spiro atoms. The predicted octanol–water partition coefficient (Wildman–Crippen LogP) is 3.45. The molecule has 0 radical (unpaired) electrons. The second-order valence-electron chi connectivity index (χ2n) is 4.26. The molecule has 0 aliphatic rings. The van der Waals surface area contributed by atoms with Crippen LogP contribution in [0.2, 0.25) is 0 Å². The third-order valence-corrected chi connectivity index (χ3v) is 3.57. The van der Waals surface area contributed by atoms with Crippen molar-refractivity contribution in [3.05, 3.63) is 46.7 Å². The Morgan fingerprint density at radius 2 is 1.95 bits per heavy atom. The van der Waals surface area contributed by atoms with Gasteiger partial charge in [0.05, 0.1) is 13.2 Å². The quantitative estimate of drug-likeness (QED) is 0.864. The van der Waals surface area contributed by atoms with E-state index in [0.29, 0.717) is 5.88 Å². The molecular weight excluding hydrogens is 306 g/mol. The predicted molar refractivity (Wildman–Crippen MR) is 79.5 cm³/mol. The average Bonchev–Trinajstić information content (AvgIpc) is 2.46. The summed E-state index contributed by atoms with van der Waals surface area (Å²) >= 11 is 3.39. The smallest absolute Gasteiger partial charge is 0.212 e. The van der Waals surface area contributed by atoms with Gasteiger partial charge < -0.3 is 9.64 Å². The lowest BCUT2D eigenvalue weighted by Gasteiger charge is -2.26. The molecule has 0 bridgehead atoms. The van der Waals surface area contributed by atoms with E-state index in [0.717, 1.165) is 15.9 Å². The second-order valence-corrected chi connectivity index (χ2v) is 5.17. The molecule has 1 atom stereocenters. The number of anilines is 1. The maximum Gasteiger partial charge on any atom is 0.212 e. The molecule has 0 saturated heterocycles. The molecule has 19 heavy (non-hydrogen) atoms. The summed E-state index contributed by atoms with van der Waals surface area (Å²) in [5.41, 5.74) is 1.12. The van der Waals surface area contributed by atoms with Crippen molar-refractivity contribution in [1.29, 1.82) is 0 Å². The molecule has 0 unspecified atom stereocenters. The summed E-state index contributed by atoms with van der Waals surface area (Å²) in [6.07, 6.45) is 3.63. The van der Waals surface area contributed by atoms with Crippen molar-refractivity contribution in [2.24, 2.45) is 0 Å². The van der Waals surface area contributed by atoms with Crippen molar-refractivity contribution in [3.63, 3.8) is 0 Å². The number of nitrogens with zero attached hydrogens (tertiary/aromatic N) is 3. The third kappa shape index (κ3) is 3.23. The molecule has 4 nitrogen and oxygen atoms in total. The van der Waals surface area contributed by atoms with Gasteiger partial charge in [-0.15, -0.1) is 0 Å². The Labute approximate surface area is 121 Å². The van der Waals surface area contributed by atoms with Crippen molar-refractivity contribution in [3.8, 4) is 5.88 Å². The number of rotatable bonds is 4. The zero-order valence-electron chi connectivity index (χ0n) is 11.2. The first-order valence-corrected chi connectivity index (χ1v) is 6.75. The van der Waals surface area contributed by atoms with Crippen LogP contribution in [0.25, 0.3) is 0 Å². The van der Waals surface area contributed by atoms with Crippen LogP contribution >= 0.6 is 15.9 Å². The van der Waals surface area contributed by atoms with Crippen LogP contribution in [0.15, 0.2) is 41.1 Å². The molecule has 2 aromatic heterocycles. The summed E-state index contributed by atoms with van der Waals surface area (Å²) in [5, 5.41) is 0. The number of methoxy groups -OCH3 is 1. The molecule has 0 aliphatic heterocycles. The van der Waals surface area contributed by atoms with Gasteiger partial charge in [0.25, 0.3) is 0 Å². The fraction of sp³-hybridized carbons (Fsp3) is 0.286. The molecule has 0 aromatic carbocycles. The van der Waals surface area contributed by atoms with E-state index in [9.17, 15) is 0 Å². The van der Waals surface area contributed by atoms with E-state index in [4.69, 9.17) is 4.74 Å². The number of ether oxygens (including phenoxy) is 1. The minimum Gasteiger partial charge on any atom is -0.481 e. The van der Waals surface area contributed by atoms with E-state index >= 15 is 0 Å². The highest BCUT2D eigenvalue weighted by Crippen LogP contribution is 2.24. The van der Waals surface area contributed by atoms with Gasteiger partial charge in [-0.1, -0.05) is 6.07 Å². The highest BCUT2D eigenvalue weighted by Gasteiger charge is 2.13. The molecule has 0 saturated carbocycles. The normalized spacial score (nSPS) is 12.0. The Morgan fingerprint density at radius 1 is 1.16 bits per heavy atom. The van der Waals surface area contributed by atoms with Crippen molar-refractivity contribution < 1.29 is 4.74 Å². The summed E-state index contributed by atoms with van der Waals surface area (Å²) in [4.78, 5) is 10.7. The molecule has 0 N–H and O–H groups in total. The van der Waals surface area contributed by atoms with Crippen molar-refractivity contribution >= 4 is 21.7 Å². The number of pyridine rings is 2. The lowest BCUT2D eigenvalue weighted by atomic mass is 10.1. The maximum atomic E-state index is 5.06. The van der Waals surface area contributed by atoms with E-state index < -0.39 is 0 Å². The fourth-order valence-electron chi connectivity index (χ4n) is 1.76. The van der Waals surface area contributed by atoms with Crippen LogP contribution in [0.3, 0.4) is 0 Å². The van der Waals surface area contributed by atoms with Gasteiger partial charge in [-0.3, -0.25) is 0 Å². The zero-order chi connectivity index (χ0) is 13.8. The van der Waals surface area contributed by atoms with Crippen LogP contribution in [0.1, 0.15) is 18.5 Å². The topological polar surface area (TPSA) is 38.2 Å². The average molecular weight is 322 g/mol. The molecule has 0 amide bonds. The van der Waals surface area contributed by atoms with Gasteiger partial charge in [0.15, 0.2) is 0 Å². The molecule has 2 rings (SSSR count). The molecule has 0 aliphatic carbocycles. The van der Waals surface area contributed by atoms with Crippen molar-refractivity contribution in [1.82, 2.24) is 9.97 Å². The largest absolute Gasteiger partial charge is 0.481 e. The van der Waals surface area contributed by atoms with Gasteiger partial charge in [0, 0.05) is 30.0 Å². The molecule has 5 heteroatoms. The monoisotopic (exact) mass is 321 g/mol. The number of halogens is 1. The highest BCUT2D eigenvalue weighted by atomic mass is 79.9. The zero-order valence-corrected chi connectivity index (χ0v) is 12.8. The number of hydrogen-bond donors (Lipinski definition) is 0. The minimum atomic E-state index is 0.187. The van der Waals surface area contributed by atoms with E-state index in [1.165, 1.54) is 0 Å². The van der Waals surface area contributed by atoms with Crippen molar-refractivity contribution in [2.75, 3.05) is 19.1 Å². The Balaban J connectivity index is 2.17. The highest BCUT2D eigenvalue weighted by molar-refractivity contribution is 9.10. The van der Waals surface area contributed by atoms with Crippen LogP contribution < -0.4 is 9.64 Å².